The van der Waals surface area contributed by atoms with Crippen LogP contribution in [0.3, 0.4) is 0 Å². The molecule has 1 atom stereocenters. The molecule has 0 bridgehead atoms. The van der Waals surface area contributed by atoms with Crippen LogP contribution in [0.25, 0.3) is 11.4 Å². The Balaban J connectivity index is 1.74. The van der Waals surface area contributed by atoms with Gasteiger partial charge in [-0.2, -0.15) is 9.90 Å². The Labute approximate surface area is 138 Å². The van der Waals surface area contributed by atoms with Crippen molar-refractivity contribution in [3.05, 3.63) is 42.0 Å². The zero-order valence-corrected chi connectivity index (χ0v) is 13.7. The van der Waals surface area contributed by atoms with Gasteiger partial charge >= 0.3 is 0 Å². The van der Waals surface area contributed by atoms with E-state index in [-0.39, 0.29) is 11.9 Å². The predicted molar refractivity (Wildman–Crippen MR) is 85.7 cm³/mol. The van der Waals surface area contributed by atoms with Gasteiger partial charge in [0.05, 0.1) is 13.1 Å². The molecule has 24 heavy (non-hydrogen) atoms. The number of amides is 1. The fourth-order valence-corrected chi connectivity index (χ4v) is 2.38. The van der Waals surface area contributed by atoms with Crippen LogP contribution in [0.15, 0.2) is 30.6 Å². The van der Waals surface area contributed by atoms with Gasteiger partial charge in [-0.15, -0.1) is 10.2 Å². The lowest BCUT2D eigenvalue weighted by atomic mass is 10.1. The standard InChI is InChI=1S/C15H18N8O/c1-4-12(14-16-9-17-22(14)2)18-15(24)11-7-5-10(6-8-11)13-19-21-23(3)20-13/h5-9,12H,4H2,1-3H3,(H,18,24)/t12-/m1/s1. The van der Waals surface area contributed by atoms with Crippen LogP contribution in [-0.4, -0.2) is 40.9 Å². The second kappa shape index (κ2) is 6.57. The first kappa shape index (κ1) is 15.8. The highest BCUT2D eigenvalue weighted by Gasteiger charge is 2.18. The zero-order chi connectivity index (χ0) is 17.1. The summed E-state index contributed by atoms with van der Waals surface area (Å²) in [5.74, 6) is 1.09. The highest BCUT2D eigenvalue weighted by molar-refractivity contribution is 5.94. The van der Waals surface area contributed by atoms with Crippen molar-refractivity contribution in [3.8, 4) is 11.4 Å². The van der Waals surface area contributed by atoms with Crippen LogP contribution in [-0.2, 0) is 14.1 Å². The fraction of sp³-hybridized carbons (Fsp3) is 0.333. The minimum Gasteiger partial charge on any atom is -0.342 e. The van der Waals surface area contributed by atoms with Gasteiger partial charge in [0.2, 0.25) is 5.82 Å². The first-order valence-electron chi connectivity index (χ1n) is 7.57. The second-order valence-electron chi connectivity index (χ2n) is 5.36. The molecule has 0 saturated carbocycles. The summed E-state index contributed by atoms with van der Waals surface area (Å²) in [6.07, 6.45) is 2.20. The highest BCUT2D eigenvalue weighted by Crippen LogP contribution is 2.17. The van der Waals surface area contributed by atoms with Gasteiger partial charge in [0.25, 0.3) is 5.91 Å². The van der Waals surface area contributed by atoms with E-state index in [4.69, 9.17) is 0 Å². The van der Waals surface area contributed by atoms with Crippen molar-refractivity contribution in [1.29, 1.82) is 0 Å². The lowest BCUT2D eigenvalue weighted by Crippen LogP contribution is -2.30. The van der Waals surface area contributed by atoms with Crippen LogP contribution in [0.4, 0.5) is 0 Å². The molecule has 1 amide bonds. The van der Waals surface area contributed by atoms with Gasteiger partial charge in [0.15, 0.2) is 0 Å². The molecule has 1 N–H and O–H groups in total. The molecule has 0 aliphatic heterocycles. The molecule has 0 aliphatic rings. The van der Waals surface area contributed by atoms with Crippen molar-refractivity contribution in [3.63, 3.8) is 0 Å². The minimum atomic E-state index is -0.189. The van der Waals surface area contributed by atoms with E-state index in [2.05, 4.69) is 30.8 Å². The molecule has 3 rings (SSSR count). The van der Waals surface area contributed by atoms with Gasteiger partial charge in [0.1, 0.15) is 12.2 Å². The molecule has 2 heterocycles. The fourth-order valence-electron chi connectivity index (χ4n) is 2.38. The maximum absolute atomic E-state index is 12.5. The van der Waals surface area contributed by atoms with Gasteiger partial charge in [-0.25, -0.2) is 4.98 Å². The quantitative estimate of drug-likeness (QED) is 0.747. The average molecular weight is 326 g/mol. The third-order valence-corrected chi connectivity index (χ3v) is 3.69. The summed E-state index contributed by atoms with van der Waals surface area (Å²) in [6.45, 7) is 1.99. The van der Waals surface area contributed by atoms with Crippen molar-refractivity contribution >= 4 is 5.91 Å². The van der Waals surface area contributed by atoms with Crippen LogP contribution in [0, 0.1) is 0 Å². The van der Waals surface area contributed by atoms with Crippen molar-refractivity contribution in [2.75, 3.05) is 0 Å². The monoisotopic (exact) mass is 326 g/mol. The van der Waals surface area contributed by atoms with E-state index >= 15 is 0 Å². The molecule has 0 saturated heterocycles. The molecule has 1 aromatic carbocycles. The summed E-state index contributed by atoms with van der Waals surface area (Å²) in [6, 6.07) is 6.89. The minimum absolute atomic E-state index is 0.163. The maximum atomic E-state index is 12.5. The molecule has 9 heteroatoms. The second-order valence-corrected chi connectivity index (χ2v) is 5.36. The first-order valence-corrected chi connectivity index (χ1v) is 7.57. The third-order valence-electron chi connectivity index (χ3n) is 3.69. The number of carbonyl (C=O) groups excluding carboxylic acids is 1. The maximum Gasteiger partial charge on any atom is 0.251 e. The molecule has 3 aromatic rings. The van der Waals surface area contributed by atoms with Crippen molar-refractivity contribution in [1.82, 2.24) is 40.3 Å². The Bertz CT molecular complexity index is 835. The largest absolute Gasteiger partial charge is 0.342 e. The van der Waals surface area contributed by atoms with E-state index in [1.54, 1.807) is 43.0 Å². The number of nitrogens with one attached hydrogen (secondary N) is 1. The Kier molecular flexibility index (Phi) is 4.32. The molecule has 2 aromatic heterocycles. The summed E-state index contributed by atoms with van der Waals surface area (Å²) in [5.41, 5.74) is 1.36. The number of nitrogens with zero attached hydrogens (tertiary/aromatic N) is 7. The predicted octanol–water partition coefficient (Wildman–Crippen LogP) is 0.887. The summed E-state index contributed by atoms with van der Waals surface area (Å²) in [4.78, 5) is 18.0. The molecular formula is C15H18N8O. The highest BCUT2D eigenvalue weighted by atomic mass is 16.1. The van der Waals surface area contributed by atoms with E-state index in [0.717, 1.165) is 17.8 Å². The van der Waals surface area contributed by atoms with Crippen LogP contribution in [0.5, 0.6) is 0 Å². The lowest BCUT2D eigenvalue weighted by molar-refractivity contribution is 0.0933. The van der Waals surface area contributed by atoms with Gasteiger partial charge in [-0.3, -0.25) is 9.48 Å². The zero-order valence-electron chi connectivity index (χ0n) is 13.7. The van der Waals surface area contributed by atoms with E-state index < -0.39 is 0 Å². The van der Waals surface area contributed by atoms with Crippen LogP contribution in [0.1, 0.15) is 35.6 Å². The first-order chi connectivity index (χ1) is 11.6. The topological polar surface area (TPSA) is 103 Å². The van der Waals surface area contributed by atoms with Gasteiger partial charge in [-0.1, -0.05) is 19.1 Å². The number of hydrogen-bond acceptors (Lipinski definition) is 6. The average Bonchev–Trinajstić information content (AvgIpc) is 3.21. The molecule has 0 fully saturated rings. The smallest absolute Gasteiger partial charge is 0.251 e. The molecular weight excluding hydrogens is 308 g/mol. The molecule has 124 valence electrons. The molecule has 0 unspecified atom stereocenters. The van der Waals surface area contributed by atoms with Gasteiger partial charge < -0.3 is 5.32 Å². The Hall–Kier alpha value is -3.10. The van der Waals surface area contributed by atoms with E-state index in [9.17, 15) is 4.79 Å². The Morgan fingerprint density at radius 3 is 2.54 bits per heavy atom. The SMILES string of the molecule is CC[C@@H](NC(=O)c1ccc(-c2nnn(C)n2)cc1)c1ncnn1C. The normalized spacial score (nSPS) is 12.1. The van der Waals surface area contributed by atoms with Gasteiger partial charge in [0, 0.05) is 18.2 Å². The van der Waals surface area contributed by atoms with E-state index in [0.29, 0.717) is 11.4 Å². The Morgan fingerprint density at radius 1 is 1.25 bits per heavy atom. The van der Waals surface area contributed by atoms with Crippen LogP contribution in [0.2, 0.25) is 0 Å². The number of carbonyl (C=O) groups is 1. The van der Waals surface area contributed by atoms with Crippen molar-refractivity contribution in [2.45, 2.75) is 19.4 Å². The number of rotatable bonds is 5. The van der Waals surface area contributed by atoms with Gasteiger partial charge in [-0.05, 0) is 23.8 Å². The van der Waals surface area contributed by atoms with Crippen LogP contribution >= 0.6 is 0 Å². The van der Waals surface area contributed by atoms with Crippen molar-refractivity contribution < 1.29 is 4.79 Å². The van der Waals surface area contributed by atoms with Crippen molar-refractivity contribution in [2.24, 2.45) is 14.1 Å². The summed E-state index contributed by atoms with van der Waals surface area (Å²) >= 11 is 0. The van der Waals surface area contributed by atoms with E-state index in [1.165, 1.54) is 11.1 Å². The number of benzene rings is 1. The molecule has 0 aliphatic carbocycles. The lowest BCUT2D eigenvalue weighted by Gasteiger charge is -2.16. The summed E-state index contributed by atoms with van der Waals surface area (Å²) in [7, 11) is 3.51. The number of aromatic nitrogens is 7. The summed E-state index contributed by atoms with van der Waals surface area (Å²) < 4.78 is 1.66. The molecule has 0 spiro atoms. The molecule has 0 radical (unpaired) electrons. The third kappa shape index (κ3) is 3.14. The number of aryl methyl sites for hydroxylation is 2. The molecule has 9 nitrogen and oxygen atoms in total. The van der Waals surface area contributed by atoms with E-state index in [1.807, 2.05) is 6.92 Å². The summed E-state index contributed by atoms with van der Waals surface area (Å²) in [5, 5.41) is 18.9. The Morgan fingerprint density at radius 2 is 2.00 bits per heavy atom. The van der Waals surface area contributed by atoms with Crippen LogP contribution < -0.4 is 5.32 Å². The number of hydrogen-bond donors (Lipinski definition) is 1. The number of tetrazole rings is 1.